The SMILES string of the molecule is CC(C)c1ccccc1NCC(=O)Nc1ccc(C(=O)N(C)c2ccccc2)cc1. The van der Waals surface area contributed by atoms with Gasteiger partial charge in [-0.3, -0.25) is 9.59 Å². The molecule has 0 heterocycles. The molecule has 154 valence electrons. The zero-order valence-electron chi connectivity index (χ0n) is 17.6. The van der Waals surface area contributed by atoms with Gasteiger partial charge >= 0.3 is 0 Å². The Bertz CT molecular complexity index is 998. The molecule has 5 heteroatoms. The standard InChI is InChI=1S/C25H27N3O2/c1-18(2)22-11-7-8-12-23(22)26-17-24(29)27-20-15-13-19(14-16-20)25(30)28(3)21-9-5-4-6-10-21/h4-16,18,26H,17H2,1-3H3,(H,27,29). The van der Waals surface area contributed by atoms with E-state index in [9.17, 15) is 9.59 Å². The van der Waals surface area contributed by atoms with Gasteiger partial charge in [0.1, 0.15) is 0 Å². The Morgan fingerprint density at radius 1 is 0.867 bits per heavy atom. The second-order valence-electron chi connectivity index (χ2n) is 7.42. The topological polar surface area (TPSA) is 61.4 Å². The van der Waals surface area contributed by atoms with E-state index in [0.717, 1.165) is 11.4 Å². The van der Waals surface area contributed by atoms with Crippen LogP contribution in [-0.4, -0.2) is 25.4 Å². The highest BCUT2D eigenvalue weighted by Gasteiger charge is 2.13. The average molecular weight is 402 g/mol. The van der Waals surface area contributed by atoms with E-state index in [-0.39, 0.29) is 18.4 Å². The fourth-order valence-electron chi connectivity index (χ4n) is 3.20. The monoisotopic (exact) mass is 401 g/mol. The van der Waals surface area contributed by atoms with Gasteiger partial charge < -0.3 is 15.5 Å². The summed E-state index contributed by atoms with van der Waals surface area (Å²) in [6.07, 6.45) is 0. The predicted molar refractivity (Wildman–Crippen MR) is 123 cm³/mol. The molecule has 0 spiro atoms. The number of nitrogens with one attached hydrogen (secondary N) is 2. The first-order valence-corrected chi connectivity index (χ1v) is 10.0. The van der Waals surface area contributed by atoms with E-state index in [1.54, 1.807) is 36.2 Å². The number of carbonyl (C=O) groups excluding carboxylic acids is 2. The Morgan fingerprint density at radius 2 is 1.50 bits per heavy atom. The van der Waals surface area contributed by atoms with Gasteiger partial charge in [-0.15, -0.1) is 0 Å². The van der Waals surface area contributed by atoms with Gasteiger partial charge in [0, 0.05) is 29.7 Å². The normalized spacial score (nSPS) is 10.5. The Morgan fingerprint density at radius 3 is 2.17 bits per heavy atom. The molecule has 0 unspecified atom stereocenters. The molecule has 3 aromatic carbocycles. The van der Waals surface area contributed by atoms with Crippen molar-refractivity contribution in [2.24, 2.45) is 0 Å². The van der Waals surface area contributed by atoms with Crippen molar-refractivity contribution in [3.05, 3.63) is 90.0 Å². The number of benzene rings is 3. The molecule has 2 N–H and O–H groups in total. The highest BCUT2D eigenvalue weighted by molar-refractivity contribution is 6.06. The van der Waals surface area contributed by atoms with Crippen LogP contribution in [0.15, 0.2) is 78.9 Å². The molecule has 0 saturated carbocycles. The van der Waals surface area contributed by atoms with Crippen molar-refractivity contribution >= 4 is 28.9 Å². The first-order valence-electron chi connectivity index (χ1n) is 10.0. The average Bonchev–Trinajstić information content (AvgIpc) is 2.78. The summed E-state index contributed by atoms with van der Waals surface area (Å²) in [5.41, 5.74) is 4.18. The molecule has 0 saturated heterocycles. The molecule has 3 aromatic rings. The van der Waals surface area contributed by atoms with Crippen LogP contribution in [0.2, 0.25) is 0 Å². The largest absolute Gasteiger partial charge is 0.376 e. The molecule has 0 radical (unpaired) electrons. The highest BCUT2D eigenvalue weighted by atomic mass is 16.2. The van der Waals surface area contributed by atoms with Crippen LogP contribution in [0.25, 0.3) is 0 Å². The Labute approximate surface area is 177 Å². The second kappa shape index (κ2) is 9.74. The van der Waals surface area contributed by atoms with E-state index in [4.69, 9.17) is 0 Å². The molecular formula is C25H27N3O2. The van der Waals surface area contributed by atoms with E-state index < -0.39 is 0 Å². The molecule has 2 amide bonds. The first kappa shape index (κ1) is 21.1. The zero-order valence-corrected chi connectivity index (χ0v) is 17.6. The molecule has 0 aromatic heterocycles. The third-order valence-corrected chi connectivity index (χ3v) is 4.89. The fraction of sp³-hybridized carbons (Fsp3) is 0.200. The molecule has 3 rings (SSSR count). The summed E-state index contributed by atoms with van der Waals surface area (Å²) in [5, 5.41) is 6.07. The number of hydrogen-bond acceptors (Lipinski definition) is 3. The van der Waals surface area contributed by atoms with Crippen molar-refractivity contribution in [3.8, 4) is 0 Å². The molecule has 5 nitrogen and oxygen atoms in total. The Hall–Kier alpha value is -3.60. The maximum absolute atomic E-state index is 12.7. The first-order chi connectivity index (χ1) is 14.5. The molecule has 0 aliphatic heterocycles. The van der Waals surface area contributed by atoms with Crippen molar-refractivity contribution in [1.82, 2.24) is 0 Å². The number of hydrogen-bond donors (Lipinski definition) is 2. The molecular weight excluding hydrogens is 374 g/mol. The highest BCUT2D eigenvalue weighted by Crippen LogP contribution is 2.23. The van der Waals surface area contributed by atoms with Crippen LogP contribution < -0.4 is 15.5 Å². The van der Waals surface area contributed by atoms with Crippen LogP contribution in [0.4, 0.5) is 17.1 Å². The van der Waals surface area contributed by atoms with Crippen LogP contribution in [0, 0.1) is 0 Å². The number of nitrogens with zero attached hydrogens (tertiary/aromatic N) is 1. The lowest BCUT2D eigenvalue weighted by molar-refractivity contribution is -0.114. The van der Waals surface area contributed by atoms with Gasteiger partial charge in [-0.05, 0) is 53.9 Å². The van der Waals surface area contributed by atoms with Crippen molar-refractivity contribution in [2.75, 3.05) is 29.1 Å². The fourth-order valence-corrected chi connectivity index (χ4v) is 3.20. The smallest absolute Gasteiger partial charge is 0.258 e. The van der Waals surface area contributed by atoms with Gasteiger partial charge in [-0.1, -0.05) is 50.2 Å². The van der Waals surface area contributed by atoms with E-state index in [2.05, 4.69) is 30.5 Å². The number of para-hydroxylation sites is 2. The number of carbonyl (C=O) groups is 2. The second-order valence-corrected chi connectivity index (χ2v) is 7.42. The third kappa shape index (κ3) is 5.26. The van der Waals surface area contributed by atoms with Crippen LogP contribution in [-0.2, 0) is 4.79 Å². The van der Waals surface area contributed by atoms with Gasteiger partial charge in [0.25, 0.3) is 5.91 Å². The van der Waals surface area contributed by atoms with Crippen LogP contribution >= 0.6 is 0 Å². The lowest BCUT2D eigenvalue weighted by atomic mass is 10.0. The summed E-state index contributed by atoms with van der Waals surface area (Å²) >= 11 is 0. The maximum Gasteiger partial charge on any atom is 0.258 e. The minimum atomic E-state index is -0.144. The van der Waals surface area contributed by atoms with Crippen molar-refractivity contribution in [3.63, 3.8) is 0 Å². The summed E-state index contributed by atoms with van der Waals surface area (Å²) in [6.45, 7) is 4.42. The Balaban J connectivity index is 1.58. The summed E-state index contributed by atoms with van der Waals surface area (Å²) in [4.78, 5) is 26.6. The third-order valence-electron chi connectivity index (χ3n) is 4.89. The van der Waals surface area contributed by atoms with E-state index in [1.165, 1.54) is 5.56 Å². The minimum Gasteiger partial charge on any atom is -0.376 e. The number of rotatable bonds is 7. The van der Waals surface area contributed by atoms with E-state index in [1.807, 2.05) is 48.5 Å². The van der Waals surface area contributed by atoms with E-state index >= 15 is 0 Å². The van der Waals surface area contributed by atoms with Crippen LogP contribution in [0.5, 0.6) is 0 Å². The molecule has 0 fully saturated rings. The van der Waals surface area contributed by atoms with Gasteiger partial charge in [0.15, 0.2) is 0 Å². The van der Waals surface area contributed by atoms with Crippen LogP contribution in [0.3, 0.4) is 0 Å². The van der Waals surface area contributed by atoms with Gasteiger partial charge in [0.05, 0.1) is 6.54 Å². The molecule has 0 atom stereocenters. The molecule has 0 aliphatic rings. The molecule has 30 heavy (non-hydrogen) atoms. The number of anilines is 3. The summed E-state index contributed by atoms with van der Waals surface area (Å²) in [6, 6.07) is 24.4. The lowest BCUT2D eigenvalue weighted by Gasteiger charge is -2.17. The van der Waals surface area contributed by atoms with Gasteiger partial charge in [-0.25, -0.2) is 0 Å². The minimum absolute atomic E-state index is 0.106. The predicted octanol–water partition coefficient (Wildman–Crippen LogP) is 5.14. The number of amides is 2. The summed E-state index contributed by atoms with van der Waals surface area (Å²) < 4.78 is 0. The van der Waals surface area contributed by atoms with Gasteiger partial charge in [-0.2, -0.15) is 0 Å². The Kier molecular flexibility index (Phi) is 6.86. The maximum atomic E-state index is 12.7. The van der Waals surface area contributed by atoms with Crippen LogP contribution in [0.1, 0.15) is 35.7 Å². The lowest BCUT2D eigenvalue weighted by Crippen LogP contribution is -2.26. The summed E-state index contributed by atoms with van der Waals surface area (Å²) in [5.74, 6) is 0.121. The summed E-state index contributed by atoms with van der Waals surface area (Å²) in [7, 11) is 1.74. The van der Waals surface area contributed by atoms with E-state index in [0.29, 0.717) is 17.2 Å². The van der Waals surface area contributed by atoms with Crippen molar-refractivity contribution in [2.45, 2.75) is 19.8 Å². The zero-order chi connectivity index (χ0) is 21.5. The van der Waals surface area contributed by atoms with Gasteiger partial charge in [0.2, 0.25) is 5.91 Å². The molecule has 0 bridgehead atoms. The van der Waals surface area contributed by atoms with Crippen molar-refractivity contribution in [1.29, 1.82) is 0 Å². The quantitative estimate of drug-likeness (QED) is 0.576. The molecule has 0 aliphatic carbocycles. The van der Waals surface area contributed by atoms with Crippen molar-refractivity contribution < 1.29 is 9.59 Å².